The largest absolute Gasteiger partial charge is 0.418 e. The smallest absolute Gasteiger partial charge is 0.369 e. The lowest BCUT2D eigenvalue weighted by atomic mass is 10.0. The van der Waals surface area contributed by atoms with Gasteiger partial charge in [-0.05, 0) is 31.0 Å². The molecule has 0 saturated carbocycles. The fourth-order valence-electron chi connectivity index (χ4n) is 2.81. The summed E-state index contributed by atoms with van der Waals surface area (Å²) in [5.74, 6) is 0. The Hall–Kier alpha value is -0.940. The van der Waals surface area contributed by atoms with E-state index in [4.69, 9.17) is 11.6 Å². The van der Waals surface area contributed by atoms with E-state index in [0.717, 1.165) is 18.9 Å². The van der Waals surface area contributed by atoms with Crippen LogP contribution in [0.3, 0.4) is 0 Å². The van der Waals surface area contributed by atoms with Gasteiger partial charge in [0.2, 0.25) is 0 Å². The molecule has 1 saturated heterocycles. The van der Waals surface area contributed by atoms with Crippen LogP contribution in [0.15, 0.2) is 18.2 Å². The van der Waals surface area contributed by atoms with Crippen molar-refractivity contribution in [2.45, 2.75) is 44.9 Å². The third-order valence-corrected chi connectivity index (χ3v) is 3.83. The molecule has 2 rings (SSSR count). The molecule has 1 aromatic carbocycles. The van der Waals surface area contributed by atoms with Crippen LogP contribution in [-0.4, -0.2) is 25.2 Å². The van der Waals surface area contributed by atoms with Crippen molar-refractivity contribution >= 4 is 17.3 Å². The van der Waals surface area contributed by atoms with E-state index in [0.29, 0.717) is 19.1 Å². The molecule has 1 aliphatic heterocycles. The van der Waals surface area contributed by atoms with Crippen molar-refractivity contribution in [3.05, 3.63) is 28.8 Å². The maximum Gasteiger partial charge on any atom is 0.418 e. The van der Waals surface area contributed by atoms with E-state index in [-0.39, 0.29) is 16.8 Å². The summed E-state index contributed by atoms with van der Waals surface area (Å²) in [4.78, 5) is 1.81. The lowest BCUT2D eigenvalue weighted by Crippen LogP contribution is -2.48. The van der Waals surface area contributed by atoms with E-state index in [2.05, 4.69) is 5.32 Å². The maximum absolute atomic E-state index is 13.2. The van der Waals surface area contributed by atoms with E-state index >= 15 is 0 Å². The minimum Gasteiger partial charge on any atom is -0.369 e. The van der Waals surface area contributed by atoms with Crippen LogP contribution in [0.2, 0.25) is 5.02 Å². The molecule has 21 heavy (non-hydrogen) atoms. The molecule has 1 N–H and O–H groups in total. The van der Waals surface area contributed by atoms with Crippen molar-refractivity contribution in [1.29, 1.82) is 0 Å². The van der Waals surface area contributed by atoms with Gasteiger partial charge in [0.15, 0.2) is 0 Å². The van der Waals surface area contributed by atoms with E-state index in [9.17, 15) is 13.2 Å². The molecule has 6 heteroatoms. The van der Waals surface area contributed by atoms with Gasteiger partial charge in [-0.25, -0.2) is 0 Å². The average molecular weight is 321 g/mol. The maximum atomic E-state index is 13.2. The van der Waals surface area contributed by atoms with Gasteiger partial charge in [0.05, 0.1) is 5.56 Å². The van der Waals surface area contributed by atoms with Gasteiger partial charge in [-0.2, -0.15) is 13.2 Å². The molecule has 1 fully saturated rings. The number of rotatable bonds is 3. The van der Waals surface area contributed by atoms with E-state index < -0.39 is 11.7 Å². The summed E-state index contributed by atoms with van der Waals surface area (Å²) in [7, 11) is 0. The zero-order valence-electron chi connectivity index (χ0n) is 12.2. The third-order valence-electron chi connectivity index (χ3n) is 3.60. The van der Waals surface area contributed by atoms with Crippen LogP contribution in [0, 0.1) is 0 Å². The molecule has 0 bridgehead atoms. The second-order valence-electron chi connectivity index (χ2n) is 5.77. The normalized spacial score (nSPS) is 20.1. The predicted molar refractivity (Wildman–Crippen MR) is 80.0 cm³/mol. The third kappa shape index (κ3) is 4.27. The first-order valence-electron chi connectivity index (χ1n) is 7.15. The quantitative estimate of drug-likeness (QED) is 0.892. The number of benzene rings is 1. The first-order chi connectivity index (χ1) is 9.77. The highest BCUT2D eigenvalue weighted by Gasteiger charge is 2.36. The van der Waals surface area contributed by atoms with Crippen LogP contribution in [0.1, 0.15) is 32.3 Å². The minimum absolute atomic E-state index is 0.111. The van der Waals surface area contributed by atoms with Gasteiger partial charge in [-0.15, -0.1) is 0 Å². The fourth-order valence-corrected chi connectivity index (χ4v) is 2.99. The molecule has 0 aromatic heterocycles. The van der Waals surface area contributed by atoms with Crippen LogP contribution in [0.5, 0.6) is 0 Å². The van der Waals surface area contributed by atoms with Gasteiger partial charge in [0.1, 0.15) is 0 Å². The monoisotopic (exact) mass is 320 g/mol. The van der Waals surface area contributed by atoms with Gasteiger partial charge in [0.25, 0.3) is 0 Å². The van der Waals surface area contributed by atoms with Crippen molar-refractivity contribution in [2.24, 2.45) is 0 Å². The molecule has 0 spiro atoms. The van der Waals surface area contributed by atoms with E-state index in [1.54, 1.807) is 0 Å². The van der Waals surface area contributed by atoms with Crippen LogP contribution < -0.4 is 10.2 Å². The molecule has 0 radical (unpaired) electrons. The summed E-state index contributed by atoms with van der Waals surface area (Å²) in [6, 6.07) is 4.54. The lowest BCUT2D eigenvalue weighted by molar-refractivity contribution is -0.137. The number of nitrogens with one attached hydrogen (secondary N) is 1. The molecular weight excluding hydrogens is 301 g/mol. The molecule has 1 atom stereocenters. The summed E-state index contributed by atoms with van der Waals surface area (Å²) >= 11 is 5.73. The summed E-state index contributed by atoms with van der Waals surface area (Å²) in [5, 5.41) is 3.51. The first-order valence-corrected chi connectivity index (χ1v) is 7.53. The highest BCUT2D eigenvalue weighted by Crippen LogP contribution is 2.39. The number of piperidine rings is 1. The number of halogens is 4. The second-order valence-corrected chi connectivity index (χ2v) is 6.20. The average Bonchev–Trinajstić information content (AvgIpc) is 2.37. The number of anilines is 1. The number of hydrogen-bond acceptors (Lipinski definition) is 2. The van der Waals surface area contributed by atoms with Crippen molar-refractivity contribution in [1.82, 2.24) is 5.32 Å². The highest BCUT2D eigenvalue weighted by atomic mass is 35.5. The number of nitrogens with zero attached hydrogens (tertiary/aromatic N) is 1. The Morgan fingerprint density at radius 2 is 2.05 bits per heavy atom. The van der Waals surface area contributed by atoms with E-state index in [1.165, 1.54) is 12.1 Å². The van der Waals surface area contributed by atoms with Gasteiger partial charge >= 0.3 is 6.18 Å². The SMILES string of the molecule is CC(C)NC1CCCN(c2ccc(Cl)cc2C(F)(F)F)C1. The minimum atomic E-state index is -4.39. The van der Waals surface area contributed by atoms with Crippen LogP contribution >= 0.6 is 11.6 Å². The zero-order chi connectivity index (χ0) is 15.6. The number of alkyl halides is 3. The molecule has 0 amide bonds. The summed E-state index contributed by atoms with van der Waals surface area (Å²) < 4.78 is 39.6. The topological polar surface area (TPSA) is 15.3 Å². The summed E-state index contributed by atoms with van der Waals surface area (Å²) in [6.45, 7) is 5.31. The summed E-state index contributed by atoms with van der Waals surface area (Å²) in [5.41, 5.74) is -0.428. The fraction of sp³-hybridized carbons (Fsp3) is 0.600. The Labute approximate surface area is 128 Å². The van der Waals surface area contributed by atoms with Crippen molar-refractivity contribution < 1.29 is 13.2 Å². The van der Waals surface area contributed by atoms with Crippen molar-refractivity contribution in [3.8, 4) is 0 Å². The second kappa shape index (κ2) is 6.44. The Balaban J connectivity index is 2.25. The predicted octanol–water partition coefficient (Wildman–Crippen LogP) is 4.33. The standard InChI is InChI=1S/C15H20ClF3N2/c1-10(2)20-12-4-3-7-21(9-12)14-6-5-11(16)8-13(14)15(17,18)19/h5-6,8,10,12,20H,3-4,7,9H2,1-2H3. The Morgan fingerprint density at radius 1 is 1.33 bits per heavy atom. The Bertz CT molecular complexity index is 488. The molecule has 1 heterocycles. The molecule has 1 aliphatic rings. The van der Waals surface area contributed by atoms with Gasteiger partial charge < -0.3 is 10.2 Å². The molecule has 2 nitrogen and oxygen atoms in total. The van der Waals surface area contributed by atoms with Crippen molar-refractivity contribution in [2.75, 3.05) is 18.0 Å². The first kappa shape index (κ1) is 16.4. The van der Waals surface area contributed by atoms with Gasteiger partial charge in [0, 0.05) is 35.9 Å². The molecule has 1 aromatic rings. The van der Waals surface area contributed by atoms with Crippen LogP contribution in [0.4, 0.5) is 18.9 Å². The Morgan fingerprint density at radius 3 is 2.67 bits per heavy atom. The summed E-state index contributed by atoms with van der Waals surface area (Å²) in [6.07, 6.45) is -2.52. The van der Waals surface area contributed by atoms with E-state index in [1.807, 2.05) is 18.7 Å². The molecule has 118 valence electrons. The van der Waals surface area contributed by atoms with Crippen molar-refractivity contribution in [3.63, 3.8) is 0 Å². The molecule has 1 unspecified atom stereocenters. The van der Waals surface area contributed by atoms with Gasteiger partial charge in [-0.1, -0.05) is 25.4 Å². The lowest BCUT2D eigenvalue weighted by Gasteiger charge is -2.37. The molecule has 0 aliphatic carbocycles. The number of hydrogen-bond donors (Lipinski definition) is 1. The van der Waals surface area contributed by atoms with Crippen LogP contribution in [-0.2, 0) is 6.18 Å². The highest BCUT2D eigenvalue weighted by molar-refractivity contribution is 6.30. The Kier molecular flexibility index (Phi) is 5.04. The van der Waals surface area contributed by atoms with Gasteiger partial charge in [-0.3, -0.25) is 0 Å². The molecular formula is C15H20ClF3N2. The van der Waals surface area contributed by atoms with Crippen LogP contribution in [0.25, 0.3) is 0 Å². The zero-order valence-corrected chi connectivity index (χ0v) is 12.9.